The standard InChI is InChI=1S/C22H29N4O10P/c1-14(2)34-18(28)11-24-37(32,36-15-7-5-4-6-8-15)33-12-16-19(29)21(3,31)22(13-23,35-16)26-10-9-17(27)25-20(26)30/h5,7-10,14,16,19,29,31H,4,6,11-12H2,1-3H3,(H,24,32)(H,25,27,30)/t16-,19-,21-,22-,37?/m1/s1. The lowest BCUT2D eigenvalue weighted by atomic mass is 9.88. The molecule has 0 aromatic carbocycles. The van der Waals surface area contributed by atoms with Crippen molar-refractivity contribution in [3.8, 4) is 6.07 Å². The maximum Gasteiger partial charge on any atom is 0.459 e. The first-order valence-corrected chi connectivity index (χ1v) is 13.0. The molecule has 14 nitrogen and oxygen atoms in total. The van der Waals surface area contributed by atoms with Crippen LogP contribution in [-0.4, -0.2) is 62.8 Å². The minimum absolute atomic E-state index is 0.213. The molecule has 0 spiro atoms. The molecular weight excluding hydrogens is 511 g/mol. The van der Waals surface area contributed by atoms with Gasteiger partial charge in [-0.1, -0.05) is 6.08 Å². The van der Waals surface area contributed by atoms with E-state index in [-0.39, 0.29) is 5.76 Å². The number of hydrogen-bond donors (Lipinski definition) is 4. The third-order valence-electron chi connectivity index (χ3n) is 5.63. The van der Waals surface area contributed by atoms with Crippen molar-refractivity contribution in [2.24, 2.45) is 0 Å². The molecule has 0 saturated carbocycles. The van der Waals surface area contributed by atoms with Crippen LogP contribution in [0.15, 0.2) is 45.8 Å². The van der Waals surface area contributed by atoms with Gasteiger partial charge in [-0.2, -0.15) is 5.26 Å². The average molecular weight is 540 g/mol. The Kier molecular flexibility index (Phi) is 8.59. The molecule has 2 aliphatic rings. The third kappa shape index (κ3) is 6.10. The van der Waals surface area contributed by atoms with Gasteiger partial charge in [0.05, 0.1) is 12.7 Å². The highest BCUT2D eigenvalue weighted by molar-refractivity contribution is 7.51. The number of aromatic amines is 1. The summed E-state index contributed by atoms with van der Waals surface area (Å²) < 4.78 is 35.7. The number of aliphatic hydroxyl groups excluding tert-OH is 1. The number of nitrogens with one attached hydrogen (secondary N) is 2. The maximum atomic E-state index is 13.5. The van der Waals surface area contributed by atoms with Crippen molar-refractivity contribution in [3.63, 3.8) is 0 Å². The van der Waals surface area contributed by atoms with Crippen LogP contribution in [0.25, 0.3) is 0 Å². The molecule has 1 aromatic rings. The molecule has 1 unspecified atom stereocenters. The van der Waals surface area contributed by atoms with Gasteiger partial charge in [-0.15, -0.1) is 0 Å². The summed E-state index contributed by atoms with van der Waals surface area (Å²) in [7, 11) is -4.29. The number of hydrogen-bond acceptors (Lipinski definition) is 11. The van der Waals surface area contributed by atoms with E-state index in [9.17, 15) is 34.4 Å². The molecule has 1 aromatic heterocycles. The fourth-order valence-electron chi connectivity index (χ4n) is 3.79. The topological polar surface area (TPSA) is 202 Å². The van der Waals surface area contributed by atoms with Crippen molar-refractivity contribution in [2.45, 2.75) is 63.3 Å². The van der Waals surface area contributed by atoms with Crippen LogP contribution in [0.1, 0.15) is 33.6 Å². The summed E-state index contributed by atoms with van der Waals surface area (Å²) in [5, 5.41) is 34.1. The van der Waals surface area contributed by atoms with E-state index < -0.39 is 67.8 Å². The zero-order valence-electron chi connectivity index (χ0n) is 20.4. The molecule has 0 amide bonds. The monoisotopic (exact) mass is 540 g/mol. The van der Waals surface area contributed by atoms with Crippen molar-refractivity contribution in [3.05, 3.63) is 57.1 Å². The van der Waals surface area contributed by atoms with Gasteiger partial charge in [-0.25, -0.2) is 14.4 Å². The minimum Gasteiger partial charge on any atom is -0.462 e. The number of allylic oxidation sites excluding steroid dienone is 3. The summed E-state index contributed by atoms with van der Waals surface area (Å²) in [5.41, 5.74) is -6.68. The van der Waals surface area contributed by atoms with Gasteiger partial charge in [0.2, 0.25) is 0 Å². The summed E-state index contributed by atoms with van der Waals surface area (Å²) >= 11 is 0. The summed E-state index contributed by atoms with van der Waals surface area (Å²) in [6.07, 6.45) is 3.60. The van der Waals surface area contributed by atoms with E-state index in [1.807, 2.05) is 4.98 Å². The van der Waals surface area contributed by atoms with Crippen LogP contribution >= 0.6 is 7.75 Å². The summed E-state index contributed by atoms with van der Waals surface area (Å²) in [6, 6.07) is 2.62. The lowest BCUT2D eigenvalue weighted by Crippen LogP contribution is -2.58. The lowest BCUT2D eigenvalue weighted by Gasteiger charge is -2.34. The smallest absolute Gasteiger partial charge is 0.459 e. The average Bonchev–Trinajstić information content (AvgIpc) is 3.02. The molecule has 15 heteroatoms. The minimum atomic E-state index is -4.29. The molecule has 0 bridgehead atoms. The highest BCUT2D eigenvalue weighted by atomic mass is 31.2. The molecule has 3 rings (SSSR count). The van der Waals surface area contributed by atoms with Crippen LogP contribution in [0.2, 0.25) is 0 Å². The van der Waals surface area contributed by atoms with Gasteiger partial charge in [-0.05, 0) is 45.8 Å². The number of nitriles is 1. The molecule has 0 radical (unpaired) electrons. The van der Waals surface area contributed by atoms with E-state index >= 15 is 0 Å². The second-order valence-electron chi connectivity index (χ2n) is 8.83. The number of carbonyl (C=O) groups is 1. The van der Waals surface area contributed by atoms with E-state index in [1.54, 1.807) is 38.1 Å². The van der Waals surface area contributed by atoms with Crippen molar-refractivity contribution in [1.82, 2.24) is 14.6 Å². The van der Waals surface area contributed by atoms with Crippen molar-refractivity contribution >= 4 is 13.7 Å². The Labute approximate surface area is 211 Å². The Balaban J connectivity index is 1.84. The first-order chi connectivity index (χ1) is 17.3. The number of rotatable bonds is 10. The number of nitrogens with zero attached hydrogens (tertiary/aromatic N) is 2. The number of aliphatic hydroxyl groups is 2. The molecule has 1 aliphatic heterocycles. The van der Waals surface area contributed by atoms with E-state index in [2.05, 4.69) is 5.09 Å². The summed E-state index contributed by atoms with van der Waals surface area (Å²) in [6.45, 7) is 3.11. The zero-order valence-corrected chi connectivity index (χ0v) is 21.3. The Bertz CT molecular complexity index is 1280. The number of carbonyl (C=O) groups excluding carboxylic acids is 1. The number of esters is 1. The molecule has 1 fully saturated rings. The molecule has 5 atom stereocenters. The largest absolute Gasteiger partial charge is 0.462 e. The number of H-pyrrole nitrogens is 1. The van der Waals surface area contributed by atoms with Crippen LogP contribution in [-0.2, 0) is 33.6 Å². The van der Waals surface area contributed by atoms with E-state index in [1.165, 1.54) is 0 Å². The Morgan fingerprint density at radius 2 is 2.16 bits per heavy atom. The normalized spacial score (nSPS) is 28.8. The van der Waals surface area contributed by atoms with Crippen molar-refractivity contribution in [2.75, 3.05) is 13.2 Å². The highest BCUT2D eigenvalue weighted by Crippen LogP contribution is 2.49. The molecule has 37 heavy (non-hydrogen) atoms. The first-order valence-electron chi connectivity index (χ1n) is 11.4. The molecule has 1 saturated heterocycles. The molecule has 1 aliphatic carbocycles. The quantitative estimate of drug-likeness (QED) is 0.231. The van der Waals surface area contributed by atoms with Gasteiger partial charge < -0.3 is 24.2 Å². The van der Waals surface area contributed by atoms with Crippen LogP contribution in [0, 0.1) is 11.3 Å². The van der Waals surface area contributed by atoms with Gasteiger partial charge in [0.15, 0.2) is 5.60 Å². The predicted octanol–water partition coefficient (Wildman–Crippen LogP) is 0.140. The molecule has 2 heterocycles. The highest BCUT2D eigenvalue weighted by Gasteiger charge is 2.65. The van der Waals surface area contributed by atoms with Crippen LogP contribution in [0.4, 0.5) is 0 Å². The van der Waals surface area contributed by atoms with Gasteiger partial charge in [-0.3, -0.25) is 23.7 Å². The number of aromatic nitrogens is 2. The van der Waals surface area contributed by atoms with Crippen LogP contribution in [0.3, 0.4) is 0 Å². The Morgan fingerprint density at radius 1 is 1.43 bits per heavy atom. The predicted molar refractivity (Wildman–Crippen MR) is 127 cm³/mol. The molecule has 202 valence electrons. The molecular formula is C22H29N4O10P. The van der Waals surface area contributed by atoms with E-state index in [0.717, 1.165) is 25.6 Å². The van der Waals surface area contributed by atoms with Gasteiger partial charge in [0, 0.05) is 12.3 Å². The fraction of sp³-hybridized carbons (Fsp3) is 0.545. The van der Waals surface area contributed by atoms with Crippen LogP contribution in [0.5, 0.6) is 0 Å². The van der Waals surface area contributed by atoms with E-state index in [0.29, 0.717) is 11.0 Å². The molecule has 4 N–H and O–H groups in total. The third-order valence-corrected chi connectivity index (χ3v) is 7.12. The second kappa shape index (κ2) is 11.1. The maximum absolute atomic E-state index is 13.5. The lowest BCUT2D eigenvalue weighted by molar-refractivity contribution is -0.151. The van der Waals surface area contributed by atoms with Crippen molar-refractivity contribution < 1.29 is 38.1 Å². The first kappa shape index (κ1) is 28.5. The SMILES string of the molecule is CC(C)OC(=O)CNP(=O)(OC[C@H]1O[C@@](C#N)(n2ccc(=O)[nH]c2=O)[C@](C)(O)[C@@H]1O)OC1=CCCC=C1. The summed E-state index contributed by atoms with van der Waals surface area (Å²) in [5.74, 6) is -0.512. The summed E-state index contributed by atoms with van der Waals surface area (Å²) in [4.78, 5) is 37.8. The Hall–Kier alpha value is -3.05. The van der Waals surface area contributed by atoms with Gasteiger partial charge in [0.1, 0.15) is 30.6 Å². The number of ether oxygens (including phenoxy) is 2. The second-order valence-corrected chi connectivity index (χ2v) is 10.6. The van der Waals surface area contributed by atoms with Gasteiger partial charge in [0.25, 0.3) is 11.3 Å². The van der Waals surface area contributed by atoms with E-state index in [4.69, 9.17) is 18.5 Å². The zero-order chi connectivity index (χ0) is 27.4. The van der Waals surface area contributed by atoms with Gasteiger partial charge >= 0.3 is 19.4 Å². The Morgan fingerprint density at radius 3 is 2.76 bits per heavy atom. The van der Waals surface area contributed by atoms with Crippen LogP contribution < -0.4 is 16.3 Å². The fourth-order valence-corrected chi connectivity index (χ4v) is 5.07. The van der Waals surface area contributed by atoms with Crippen molar-refractivity contribution in [1.29, 1.82) is 5.26 Å².